The summed E-state index contributed by atoms with van der Waals surface area (Å²) in [5, 5.41) is 12.5. The predicted octanol–water partition coefficient (Wildman–Crippen LogP) is 4.12. The third-order valence-electron chi connectivity index (χ3n) is 3.77. The average molecular weight is 347 g/mol. The lowest BCUT2D eigenvalue weighted by atomic mass is 10.3. The molecule has 3 rings (SSSR count). The van der Waals surface area contributed by atoms with E-state index in [0.29, 0.717) is 28.8 Å². The van der Waals surface area contributed by atoms with Crippen molar-refractivity contribution in [1.82, 2.24) is 4.90 Å². The van der Waals surface area contributed by atoms with Crippen LogP contribution in [-0.2, 0) is 0 Å². The van der Waals surface area contributed by atoms with Crippen LogP contribution >= 0.6 is 11.6 Å². The van der Waals surface area contributed by atoms with Crippen LogP contribution in [0.1, 0.15) is 12.8 Å². The lowest BCUT2D eigenvalue weighted by molar-refractivity contribution is 0.185. The van der Waals surface area contributed by atoms with Crippen molar-refractivity contribution in [3.05, 3.63) is 53.6 Å². The fourth-order valence-corrected chi connectivity index (χ4v) is 2.61. The van der Waals surface area contributed by atoms with Crippen LogP contribution < -0.4 is 10.1 Å². The molecule has 0 aromatic heterocycles. The Kier molecular flexibility index (Phi) is 5.23. The SMILES string of the molecule is O=C(Nc1ccccc1Oc1ccccc1Cl)N(CCO)C1CC1. The molecule has 1 fully saturated rings. The minimum atomic E-state index is -0.234. The van der Waals surface area contributed by atoms with Crippen molar-refractivity contribution in [2.75, 3.05) is 18.5 Å². The molecule has 1 aliphatic carbocycles. The number of hydrogen-bond acceptors (Lipinski definition) is 3. The van der Waals surface area contributed by atoms with E-state index >= 15 is 0 Å². The summed E-state index contributed by atoms with van der Waals surface area (Å²) in [6.07, 6.45) is 1.95. The van der Waals surface area contributed by atoms with Crippen molar-refractivity contribution < 1.29 is 14.6 Å². The highest BCUT2D eigenvalue weighted by Gasteiger charge is 2.32. The molecule has 0 radical (unpaired) electrons. The van der Waals surface area contributed by atoms with Gasteiger partial charge in [-0.15, -0.1) is 0 Å². The number of para-hydroxylation sites is 3. The molecule has 0 aliphatic heterocycles. The van der Waals surface area contributed by atoms with Gasteiger partial charge in [0, 0.05) is 12.6 Å². The van der Waals surface area contributed by atoms with E-state index in [4.69, 9.17) is 21.4 Å². The van der Waals surface area contributed by atoms with Gasteiger partial charge in [-0.25, -0.2) is 4.79 Å². The van der Waals surface area contributed by atoms with Crippen LogP contribution in [-0.4, -0.2) is 35.2 Å². The number of ether oxygens (including phenoxy) is 1. The second kappa shape index (κ2) is 7.55. The summed E-state index contributed by atoms with van der Waals surface area (Å²) in [5.74, 6) is 1.04. The first-order chi connectivity index (χ1) is 11.7. The maximum absolute atomic E-state index is 12.5. The Labute approximate surface area is 145 Å². The molecule has 0 spiro atoms. The fourth-order valence-electron chi connectivity index (χ4n) is 2.44. The Bertz CT molecular complexity index is 719. The van der Waals surface area contributed by atoms with Crippen LogP contribution in [0.2, 0.25) is 5.02 Å². The van der Waals surface area contributed by atoms with E-state index in [1.165, 1.54) is 0 Å². The van der Waals surface area contributed by atoms with Gasteiger partial charge in [0.25, 0.3) is 0 Å². The van der Waals surface area contributed by atoms with E-state index < -0.39 is 0 Å². The Balaban J connectivity index is 1.76. The molecule has 2 amide bonds. The van der Waals surface area contributed by atoms with E-state index in [9.17, 15) is 4.79 Å². The van der Waals surface area contributed by atoms with Crippen molar-refractivity contribution in [2.24, 2.45) is 0 Å². The Morgan fingerprint density at radius 2 is 1.83 bits per heavy atom. The number of aliphatic hydroxyl groups excluding tert-OH is 1. The normalized spacial score (nSPS) is 13.4. The lowest BCUT2D eigenvalue weighted by Crippen LogP contribution is -2.38. The number of hydrogen-bond donors (Lipinski definition) is 2. The van der Waals surface area contributed by atoms with Crippen molar-refractivity contribution >= 4 is 23.3 Å². The molecule has 2 aromatic rings. The van der Waals surface area contributed by atoms with Crippen LogP contribution in [0.15, 0.2) is 48.5 Å². The molecular weight excluding hydrogens is 328 g/mol. The van der Waals surface area contributed by atoms with Crippen LogP contribution in [0.4, 0.5) is 10.5 Å². The van der Waals surface area contributed by atoms with Gasteiger partial charge < -0.3 is 20.1 Å². The molecule has 0 atom stereocenters. The summed E-state index contributed by atoms with van der Waals surface area (Å²) in [7, 11) is 0. The number of benzene rings is 2. The van der Waals surface area contributed by atoms with E-state index in [-0.39, 0.29) is 18.7 Å². The molecule has 1 aliphatic rings. The van der Waals surface area contributed by atoms with Gasteiger partial charge in [0.05, 0.1) is 17.3 Å². The second-order valence-electron chi connectivity index (χ2n) is 5.61. The number of urea groups is 1. The van der Waals surface area contributed by atoms with Gasteiger partial charge in [0.15, 0.2) is 5.75 Å². The zero-order valence-electron chi connectivity index (χ0n) is 13.1. The van der Waals surface area contributed by atoms with Crippen molar-refractivity contribution in [1.29, 1.82) is 0 Å². The van der Waals surface area contributed by atoms with Gasteiger partial charge in [-0.1, -0.05) is 35.9 Å². The first kappa shape index (κ1) is 16.6. The number of halogens is 1. The monoisotopic (exact) mass is 346 g/mol. The third-order valence-corrected chi connectivity index (χ3v) is 4.09. The van der Waals surface area contributed by atoms with Gasteiger partial charge >= 0.3 is 6.03 Å². The van der Waals surface area contributed by atoms with E-state index in [1.54, 1.807) is 29.2 Å². The standard InChI is InChI=1S/C18H19ClN2O3/c19-14-5-1-3-7-16(14)24-17-8-4-2-6-15(17)20-18(23)21(11-12-22)13-9-10-13/h1-8,13,22H,9-12H2,(H,20,23). The van der Waals surface area contributed by atoms with Gasteiger partial charge in [-0.2, -0.15) is 0 Å². The molecule has 24 heavy (non-hydrogen) atoms. The van der Waals surface area contributed by atoms with Crippen LogP contribution in [0, 0.1) is 0 Å². The van der Waals surface area contributed by atoms with Crippen LogP contribution in [0.25, 0.3) is 0 Å². The number of nitrogens with zero attached hydrogens (tertiary/aromatic N) is 1. The molecule has 0 unspecified atom stereocenters. The summed E-state index contributed by atoms with van der Waals surface area (Å²) in [4.78, 5) is 14.1. The summed E-state index contributed by atoms with van der Waals surface area (Å²) in [5.41, 5.74) is 0.561. The zero-order chi connectivity index (χ0) is 16.9. The van der Waals surface area contributed by atoms with E-state index in [0.717, 1.165) is 12.8 Å². The molecule has 0 heterocycles. The molecular formula is C18H19ClN2O3. The predicted molar refractivity (Wildman–Crippen MR) is 93.8 cm³/mol. The zero-order valence-corrected chi connectivity index (χ0v) is 13.9. The highest BCUT2D eigenvalue weighted by Crippen LogP contribution is 2.34. The highest BCUT2D eigenvalue weighted by molar-refractivity contribution is 6.32. The minimum absolute atomic E-state index is 0.0539. The number of anilines is 1. The topological polar surface area (TPSA) is 61.8 Å². The lowest BCUT2D eigenvalue weighted by Gasteiger charge is -2.22. The number of nitrogens with one attached hydrogen (secondary N) is 1. The molecule has 0 saturated heterocycles. The Morgan fingerprint density at radius 3 is 2.50 bits per heavy atom. The average Bonchev–Trinajstić information content (AvgIpc) is 3.41. The van der Waals surface area contributed by atoms with Gasteiger partial charge in [0.2, 0.25) is 0 Å². The molecule has 2 aromatic carbocycles. The van der Waals surface area contributed by atoms with Crippen LogP contribution in [0.5, 0.6) is 11.5 Å². The molecule has 6 heteroatoms. The first-order valence-electron chi connectivity index (χ1n) is 7.89. The fraction of sp³-hybridized carbons (Fsp3) is 0.278. The molecule has 5 nitrogen and oxygen atoms in total. The molecule has 126 valence electrons. The van der Waals surface area contributed by atoms with Crippen LogP contribution in [0.3, 0.4) is 0 Å². The largest absolute Gasteiger partial charge is 0.454 e. The molecule has 0 bridgehead atoms. The summed E-state index contributed by atoms with van der Waals surface area (Å²) >= 11 is 6.13. The van der Waals surface area contributed by atoms with Crippen molar-refractivity contribution in [3.63, 3.8) is 0 Å². The number of amides is 2. The summed E-state index contributed by atoms with van der Waals surface area (Å²) in [6.45, 7) is 0.270. The molecule has 1 saturated carbocycles. The molecule has 2 N–H and O–H groups in total. The maximum Gasteiger partial charge on any atom is 0.322 e. The van der Waals surface area contributed by atoms with E-state index in [2.05, 4.69) is 5.32 Å². The second-order valence-corrected chi connectivity index (χ2v) is 6.01. The number of carbonyl (C=O) groups excluding carboxylic acids is 1. The Hall–Kier alpha value is -2.24. The Morgan fingerprint density at radius 1 is 1.17 bits per heavy atom. The number of carbonyl (C=O) groups is 1. The van der Waals surface area contributed by atoms with Gasteiger partial charge in [0.1, 0.15) is 5.75 Å². The van der Waals surface area contributed by atoms with Gasteiger partial charge in [-0.3, -0.25) is 0 Å². The first-order valence-corrected chi connectivity index (χ1v) is 8.26. The van der Waals surface area contributed by atoms with E-state index in [1.807, 2.05) is 24.3 Å². The summed E-state index contributed by atoms with van der Waals surface area (Å²) in [6, 6.07) is 14.3. The highest BCUT2D eigenvalue weighted by atomic mass is 35.5. The maximum atomic E-state index is 12.5. The van der Waals surface area contributed by atoms with Crippen molar-refractivity contribution in [2.45, 2.75) is 18.9 Å². The van der Waals surface area contributed by atoms with Crippen molar-refractivity contribution in [3.8, 4) is 11.5 Å². The minimum Gasteiger partial charge on any atom is -0.454 e. The number of aliphatic hydroxyl groups is 1. The third kappa shape index (κ3) is 3.99. The van der Waals surface area contributed by atoms with Gasteiger partial charge in [-0.05, 0) is 37.1 Å². The summed E-state index contributed by atoms with van der Waals surface area (Å²) < 4.78 is 5.84. The smallest absolute Gasteiger partial charge is 0.322 e. The quantitative estimate of drug-likeness (QED) is 0.827. The number of rotatable bonds is 6.